The molecule has 0 aromatic heterocycles. The number of nitrogens with two attached hydrogens (primary N) is 1. The van der Waals surface area contributed by atoms with E-state index in [9.17, 15) is 22.0 Å². The molecule has 0 aliphatic heterocycles. The number of halogens is 5. The number of ether oxygens (including phenoxy) is 1. The van der Waals surface area contributed by atoms with Crippen molar-refractivity contribution in [1.29, 1.82) is 5.26 Å². The molecule has 8 heteroatoms. The number of nitriles is 1. The van der Waals surface area contributed by atoms with E-state index in [0.717, 1.165) is 0 Å². The lowest BCUT2D eigenvalue weighted by Gasteiger charge is -2.15. The Bertz CT molecular complexity index is 525. The predicted octanol–water partition coefficient (Wildman–Crippen LogP) is 2.78. The van der Waals surface area contributed by atoms with Gasteiger partial charge in [-0.05, 0) is 19.8 Å². The second-order valence-electron chi connectivity index (χ2n) is 4.38. The topological polar surface area (TPSA) is 59.0 Å². The van der Waals surface area contributed by atoms with Gasteiger partial charge >= 0.3 is 0 Å². The van der Waals surface area contributed by atoms with Gasteiger partial charge in [0.2, 0.25) is 29.1 Å². The molecule has 2 N–H and O–H groups in total. The van der Waals surface area contributed by atoms with E-state index in [4.69, 9.17) is 11.0 Å². The molecule has 1 rings (SSSR count). The van der Waals surface area contributed by atoms with Gasteiger partial charge in [0, 0.05) is 0 Å². The molecule has 1 aromatic carbocycles. The molecule has 3 nitrogen and oxygen atoms in total. The summed E-state index contributed by atoms with van der Waals surface area (Å²) in [6.07, 6.45) is 0.249. The highest BCUT2D eigenvalue weighted by Gasteiger charge is 2.27. The molecule has 0 saturated heterocycles. The van der Waals surface area contributed by atoms with Gasteiger partial charge in [0.05, 0.1) is 12.7 Å². The molecule has 0 radical (unpaired) electrons. The third-order valence-electron chi connectivity index (χ3n) is 2.51. The van der Waals surface area contributed by atoms with Crippen molar-refractivity contribution in [1.82, 2.24) is 0 Å². The highest BCUT2D eigenvalue weighted by Crippen LogP contribution is 2.29. The van der Waals surface area contributed by atoms with Crippen LogP contribution in [-0.2, 0) is 0 Å². The fourth-order valence-corrected chi connectivity index (χ4v) is 1.38. The van der Waals surface area contributed by atoms with Gasteiger partial charge in [0.1, 0.15) is 5.54 Å². The molecule has 0 amide bonds. The van der Waals surface area contributed by atoms with Crippen LogP contribution in [0.3, 0.4) is 0 Å². The number of benzene rings is 1. The summed E-state index contributed by atoms with van der Waals surface area (Å²) >= 11 is 0. The van der Waals surface area contributed by atoms with Crippen molar-refractivity contribution < 1.29 is 26.7 Å². The van der Waals surface area contributed by atoms with Crippen LogP contribution >= 0.6 is 0 Å². The lowest BCUT2D eigenvalue weighted by Crippen LogP contribution is -2.34. The Labute approximate surface area is 111 Å². The van der Waals surface area contributed by atoms with Gasteiger partial charge in [-0.1, -0.05) is 0 Å². The molecule has 0 fully saturated rings. The molecule has 20 heavy (non-hydrogen) atoms. The molecule has 0 saturated carbocycles. The van der Waals surface area contributed by atoms with Gasteiger partial charge in [0.25, 0.3) is 0 Å². The largest absolute Gasteiger partial charge is 0.487 e. The Kier molecular flexibility index (Phi) is 4.89. The van der Waals surface area contributed by atoms with E-state index in [1.165, 1.54) is 6.92 Å². The monoisotopic (exact) mass is 294 g/mol. The number of hydrogen-bond acceptors (Lipinski definition) is 3. The molecular weight excluding hydrogens is 283 g/mol. The number of rotatable bonds is 5. The minimum absolute atomic E-state index is 0.111. The van der Waals surface area contributed by atoms with E-state index in [-0.39, 0.29) is 19.4 Å². The van der Waals surface area contributed by atoms with Crippen LogP contribution in [0.15, 0.2) is 0 Å². The van der Waals surface area contributed by atoms with Crippen LogP contribution in [0.5, 0.6) is 5.75 Å². The summed E-state index contributed by atoms with van der Waals surface area (Å²) in [5.74, 6) is -11.8. The van der Waals surface area contributed by atoms with Crippen LogP contribution in [0.1, 0.15) is 19.8 Å². The van der Waals surface area contributed by atoms with Crippen molar-refractivity contribution in [2.45, 2.75) is 25.3 Å². The van der Waals surface area contributed by atoms with Gasteiger partial charge in [0.15, 0.2) is 5.75 Å². The lowest BCUT2D eigenvalue weighted by molar-refractivity contribution is 0.251. The molecule has 0 spiro atoms. The van der Waals surface area contributed by atoms with Crippen LogP contribution in [0.2, 0.25) is 0 Å². The van der Waals surface area contributed by atoms with Crippen molar-refractivity contribution >= 4 is 0 Å². The van der Waals surface area contributed by atoms with Crippen molar-refractivity contribution in [3.8, 4) is 11.8 Å². The maximum absolute atomic E-state index is 13.2. The van der Waals surface area contributed by atoms with Crippen molar-refractivity contribution in [2.24, 2.45) is 5.73 Å². The fraction of sp³-hybridized carbons (Fsp3) is 0.417. The first-order chi connectivity index (χ1) is 9.21. The maximum Gasteiger partial charge on any atom is 0.206 e. The van der Waals surface area contributed by atoms with E-state index in [1.807, 2.05) is 0 Å². The van der Waals surface area contributed by atoms with E-state index >= 15 is 0 Å². The SMILES string of the molecule is CC(N)(C#N)CCCOc1c(F)c(F)c(F)c(F)c1F. The first kappa shape index (κ1) is 16.2. The molecule has 0 aliphatic rings. The quantitative estimate of drug-likeness (QED) is 0.393. The summed E-state index contributed by atoms with van der Waals surface area (Å²) in [5, 5.41) is 8.63. The zero-order valence-corrected chi connectivity index (χ0v) is 10.4. The molecule has 110 valence electrons. The van der Waals surface area contributed by atoms with Crippen molar-refractivity contribution in [3.63, 3.8) is 0 Å². The Morgan fingerprint density at radius 2 is 1.50 bits per heavy atom. The van der Waals surface area contributed by atoms with E-state index < -0.39 is 40.4 Å². The first-order valence-corrected chi connectivity index (χ1v) is 5.55. The highest BCUT2D eigenvalue weighted by atomic mass is 19.2. The molecule has 1 aromatic rings. The molecular formula is C12H11F5N2O. The lowest BCUT2D eigenvalue weighted by atomic mass is 10.00. The fourth-order valence-electron chi connectivity index (χ4n) is 1.38. The average Bonchev–Trinajstić information content (AvgIpc) is 2.42. The predicted molar refractivity (Wildman–Crippen MR) is 59.2 cm³/mol. The minimum Gasteiger partial charge on any atom is -0.487 e. The number of hydrogen-bond donors (Lipinski definition) is 1. The van der Waals surface area contributed by atoms with Crippen LogP contribution < -0.4 is 10.5 Å². The van der Waals surface area contributed by atoms with Crippen molar-refractivity contribution in [2.75, 3.05) is 6.61 Å². The Hall–Kier alpha value is -1.88. The number of nitrogens with zero attached hydrogens (tertiary/aromatic N) is 1. The summed E-state index contributed by atoms with van der Waals surface area (Å²) in [6, 6.07) is 1.79. The zero-order valence-electron chi connectivity index (χ0n) is 10.4. The van der Waals surface area contributed by atoms with E-state index in [1.54, 1.807) is 6.07 Å². The van der Waals surface area contributed by atoms with Crippen LogP contribution in [0, 0.1) is 40.4 Å². The van der Waals surface area contributed by atoms with Gasteiger partial charge in [-0.3, -0.25) is 0 Å². The summed E-state index contributed by atoms with van der Waals surface area (Å²) in [7, 11) is 0. The maximum atomic E-state index is 13.2. The van der Waals surface area contributed by atoms with Crippen LogP contribution in [0.25, 0.3) is 0 Å². The summed E-state index contributed by atoms with van der Waals surface area (Å²) < 4.78 is 69.4. The molecule has 1 atom stereocenters. The van der Waals surface area contributed by atoms with Crippen LogP contribution in [-0.4, -0.2) is 12.1 Å². The zero-order chi connectivity index (χ0) is 15.5. The standard InChI is InChI=1S/C12H11F5N2O/c1-12(19,5-18)3-2-4-20-11-9(16)7(14)6(13)8(15)10(11)17/h2-4,19H2,1H3. The Balaban J connectivity index is 2.78. The van der Waals surface area contributed by atoms with Gasteiger partial charge < -0.3 is 10.5 Å². The Morgan fingerprint density at radius 3 is 1.95 bits per heavy atom. The van der Waals surface area contributed by atoms with Gasteiger partial charge in [-0.25, -0.2) is 13.2 Å². The Morgan fingerprint density at radius 1 is 1.05 bits per heavy atom. The third kappa shape index (κ3) is 3.36. The van der Waals surface area contributed by atoms with E-state index in [0.29, 0.717) is 0 Å². The summed E-state index contributed by atoms with van der Waals surface area (Å²) in [4.78, 5) is 0. The highest BCUT2D eigenvalue weighted by molar-refractivity contribution is 5.29. The molecule has 0 heterocycles. The third-order valence-corrected chi connectivity index (χ3v) is 2.51. The minimum atomic E-state index is -2.24. The summed E-state index contributed by atoms with van der Waals surface area (Å²) in [5.41, 5.74) is 4.34. The molecule has 0 aliphatic carbocycles. The molecule has 0 bridgehead atoms. The van der Waals surface area contributed by atoms with Crippen molar-refractivity contribution in [3.05, 3.63) is 29.1 Å². The van der Waals surface area contributed by atoms with E-state index in [2.05, 4.69) is 4.74 Å². The van der Waals surface area contributed by atoms with Crippen LogP contribution in [0.4, 0.5) is 22.0 Å². The van der Waals surface area contributed by atoms with Gasteiger partial charge in [-0.2, -0.15) is 14.0 Å². The second kappa shape index (κ2) is 6.05. The first-order valence-electron chi connectivity index (χ1n) is 5.55. The van der Waals surface area contributed by atoms with Gasteiger partial charge in [-0.15, -0.1) is 0 Å². The average molecular weight is 294 g/mol. The normalized spacial score (nSPS) is 13.7. The molecule has 1 unspecified atom stereocenters. The smallest absolute Gasteiger partial charge is 0.206 e. The summed E-state index contributed by atoms with van der Waals surface area (Å²) in [6.45, 7) is 1.10. The second-order valence-corrected chi connectivity index (χ2v) is 4.38.